The third kappa shape index (κ3) is 3.41. The molecule has 0 radical (unpaired) electrons. The third-order valence-corrected chi connectivity index (χ3v) is 4.06. The van der Waals surface area contributed by atoms with Crippen LogP contribution in [0.15, 0.2) is 42.6 Å². The lowest BCUT2D eigenvalue weighted by molar-refractivity contribution is 0.0921. The molecule has 0 bridgehead atoms. The maximum Gasteiger partial charge on any atom is 0.188 e. The first kappa shape index (κ1) is 15.5. The third-order valence-electron chi connectivity index (χ3n) is 4.06. The molecule has 1 aromatic carbocycles. The number of carbonyl (C=O) groups is 1. The number of benzene rings is 1. The number of hydrogen-bond donors (Lipinski definition) is 0. The minimum Gasteiger partial charge on any atom is -0.292 e. The Labute approximate surface area is 127 Å². The Bertz CT molecular complexity index is 574. The quantitative estimate of drug-likeness (QED) is 0.710. The Morgan fingerprint density at radius 1 is 1.19 bits per heavy atom. The molecule has 0 amide bonds. The summed E-state index contributed by atoms with van der Waals surface area (Å²) in [5.41, 5.74) is 1.83. The van der Waals surface area contributed by atoms with Crippen LogP contribution in [-0.2, 0) is 6.54 Å². The molecule has 2 aromatic rings. The topological polar surface area (TPSA) is 34.9 Å². The van der Waals surface area contributed by atoms with Gasteiger partial charge >= 0.3 is 0 Å². The van der Waals surface area contributed by atoms with Gasteiger partial charge < -0.3 is 0 Å². The summed E-state index contributed by atoms with van der Waals surface area (Å²) in [6.07, 6.45) is 3.68. The summed E-state index contributed by atoms with van der Waals surface area (Å²) < 4.78 is 1.83. The zero-order valence-corrected chi connectivity index (χ0v) is 13.1. The number of nitrogens with zero attached hydrogens (tertiary/aromatic N) is 2. The number of hydrogen-bond acceptors (Lipinski definition) is 2. The molecule has 2 unspecified atom stereocenters. The molecule has 2 rings (SSSR count). The summed E-state index contributed by atoms with van der Waals surface area (Å²) in [7, 11) is 0. The van der Waals surface area contributed by atoms with Gasteiger partial charge in [0.25, 0.3) is 0 Å². The second-order valence-corrected chi connectivity index (χ2v) is 5.58. The molecular weight excluding hydrogens is 260 g/mol. The highest BCUT2D eigenvalue weighted by Crippen LogP contribution is 2.30. The van der Waals surface area contributed by atoms with Crippen molar-refractivity contribution in [3.05, 3.63) is 53.9 Å². The normalized spacial score (nSPS) is 13.9. The molecule has 3 heteroatoms. The summed E-state index contributed by atoms with van der Waals surface area (Å²) in [5.74, 6) is 0.398. The summed E-state index contributed by atoms with van der Waals surface area (Å²) in [4.78, 5) is 13.0. The molecule has 3 nitrogen and oxygen atoms in total. The van der Waals surface area contributed by atoms with Gasteiger partial charge in [0.05, 0.1) is 5.92 Å². The van der Waals surface area contributed by atoms with E-state index in [0.29, 0.717) is 5.92 Å². The van der Waals surface area contributed by atoms with E-state index < -0.39 is 0 Å². The molecule has 2 atom stereocenters. The second-order valence-electron chi connectivity index (χ2n) is 5.58. The fourth-order valence-corrected chi connectivity index (χ4v) is 2.73. The Morgan fingerprint density at radius 2 is 1.90 bits per heavy atom. The average Bonchev–Trinajstić information content (AvgIpc) is 2.97. The maximum atomic E-state index is 13.0. The van der Waals surface area contributed by atoms with Crippen molar-refractivity contribution in [2.24, 2.45) is 5.92 Å². The van der Waals surface area contributed by atoms with Crippen LogP contribution in [-0.4, -0.2) is 15.6 Å². The van der Waals surface area contributed by atoms with E-state index in [1.165, 1.54) is 0 Å². The molecular formula is C18H24N2O. The Kier molecular flexibility index (Phi) is 5.32. The lowest BCUT2D eigenvalue weighted by atomic mass is 9.81. The van der Waals surface area contributed by atoms with Crippen LogP contribution in [0.4, 0.5) is 0 Å². The number of aromatic nitrogens is 2. The Hall–Kier alpha value is -1.90. The van der Waals surface area contributed by atoms with Gasteiger partial charge in [-0.25, -0.2) is 0 Å². The van der Waals surface area contributed by atoms with Crippen LogP contribution in [0.3, 0.4) is 0 Å². The molecule has 0 aliphatic heterocycles. The van der Waals surface area contributed by atoms with Crippen molar-refractivity contribution in [1.29, 1.82) is 0 Å². The van der Waals surface area contributed by atoms with Crippen LogP contribution in [0.2, 0.25) is 0 Å². The van der Waals surface area contributed by atoms with E-state index in [1.807, 2.05) is 28.9 Å². The van der Waals surface area contributed by atoms with Crippen LogP contribution in [0.5, 0.6) is 0 Å². The Balaban J connectivity index is 2.37. The SMILES string of the molecule is CCCn1nccc1C(=O)C(c1ccccc1)C(C)CC. The molecule has 0 N–H and O–H groups in total. The number of aryl methyl sites for hydroxylation is 1. The van der Waals surface area contributed by atoms with E-state index in [2.05, 4.69) is 38.0 Å². The van der Waals surface area contributed by atoms with Crippen LogP contribution >= 0.6 is 0 Å². The predicted octanol–water partition coefficient (Wildman–Crippen LogP) is 4.31. The minimum absolute atomic E-state index is 0.0940. The van der Waals surface area contributed by atoms with Crippen molar-refractivity contribution in [3.63, 3.8) is 0 Å². The molecule has 0 spiro atoms. The van der Waals surface area contributed by atoms with E-state index >= 15 is 0 Å². The number of ketones is 1. The van der Waals surface area contributed by atoms with Crippen LogP contribution < -0.4 is 0 Å². The van der Waals surface area contributed by atoms with E-state index in [4.69, 9.17) is 0 Å². The lowest BCUT2D eigenvalue weighted by Gasteiger charge is -2.22. The number of rotatable bonds is 7. The van der Waals surface area contributed by atoms with Gasteiger partial charge in [-0.1, -0.05) is 57.5 Å². The van der Waals surface area contributed by atoms with Gasteiger partial charge in [-0.05, 0) is 24.0 Å². The molecule has 0 fully saturated rings. The van der Waals surface area contributed by atoms with Gasteiger partial charge in [-0.15, -0.1) is 0 Å². The first-order valence-electron chi connectivity index (χ1n) is 7.80. The highest BCUT2D eigenvalue weighted by atomic mass is 16.1. The molecule has 1 aromatic heterocycles. The van der Waals surface area contributed by atoms with E-state index in [9.17, 15) is 4.79 Å². The van der Waals surface area contributed by atoms with Gasteiger partial charge in [0.15, 0.2) is 5.78 Å². The van der Waals surface area contributed by atoms with Crippen molar-refractivity contribution >= 4 is 5.78 Å². The van der Waals surface area contributed by atoms with Gasteiger partial charge in [0.1, 0.15) is 5.69 Å². The van der Waals surface area contributed by atoms with Crippen LogP contribution in [0, 0.1) is 5.92 Å². The zero-order chi connectivity index (χ0) is 15.2. The lowest BCUT2D eigenvalue weighted by Crippen LogP contribution is -2.23. The molecule has 21 heavy (non-hydrogen) atoms. The highest BCUT2D eigenvalue weighted by molar-refractivity contribution is 5.99. The monoisotopic (exact) mass is 284 g/mol. The number of Topliss-reactive ketones (excluding diaryl/α,β-unsaturated/α-hetero) is 1. The van der Waals surface area contributed by atoms with E-state index in [0.717, 1.165) is 30.6 Å². The van der Waals surface area contributed by atoms with Gasteiger partial charge in [-0.2, -0.15) is 5.10 Å². The smallest absolute Gasteiger partial charge is 0.188 e. The van der Waals surface area contributed by atoms with Crippen LogP contribution in [0.1, 0.15) is 55.6 Å². The van der Waals surface area contributed by atoms with E-state index in [1.54, 1.807) is 6.20 Å². The molecule has 1 heterocycles. The molecule has 112 valence electrons. The van der Waals surface area contributed by atoms with Crippen molar-refractivity contribution < 1.29 is 4.79 Å². The van der Waals surface area contributed by atoms with Crippen LogP contribution in [0.25, 0.3) is 0 Å². The first-order valence-corrected chi connectivity index (χ1v) is 7.80. The predicted molar refractivity (Wildman–Crippen MR) is 85.5 cm³/mol. The van der Waals surface area contributed by atoms with E-state index in [-0.39, 0.29) is 11.7 Å². The number of carbonyl (C=O) groups excluding carboxylic acids is 1. The maximum absolute atomic E-state index is 13.0. The average molecular weight is 284 g/mol. The summed E-state index contributed by atoms with van der Waals surface area (Å²) >= 11 is 0. The van der Waals surface area contributed by atoms with Gasteiger partial charge in [0, 0.05) is 12.7 Å². The summed E-state index contributed by atoms with van der Waals surface area (Å²) in [6.45, 7) is 7.17. The fraction of sp³-hybridized carbons (Fsp3) is 0.444. The van der Waals surface area contributed by atoms with Crippen molar-refractivity contribution in [2.75, 3.05) is 0 Å². The van der Waals surface area contributed by atoms with Gasteiger partial charge in [0.2, 0.25) is 0 Å². The Morgan fingerprint density at radius 3 is 2.52 bits per heavy atom. The van der Waals surface area contributed by atoms with Gasteiger partial charge in [-0.3, -0.25) is 9.48 Å². The summed E-state index contributed by atoms with van der Waals surface area (Å²) in [5, 5.41) is 4.28. The van der Waals surface area contributed by atoms with Crippen molar-refractivity contribution in [2.45, 2.75) is 46.1 Å². The highest BCUT2D eigenvalue weighted by Gasteiger charge is 2.28. The standard InChI is InChI=1S/C18H24N2O/c1-4-13-20-16(11-12-19-20)18(21)17(14(3)5-2)15-9-7-6-8-10-15/h6-12,14,17H,4-5,13H2,1-3H3. The largest absolute Gasteiger partial charge is 0.292 e. The minimum atomic E-state index is -0.0940. The summed E-state index contributed by atoms with van der Waals surface area (Å²) in [6, 6.07) is 11.9. The fourth-order valence-electron chi connectivity index (χ4n) is 2.73. The molecule has 0 saturated heterocycles. The molecule has 0 aliphatic rings. The molecule has 0 aliphatic carbocycles. The van der Waals surface area contributed by atoms with Crippen molar-refractivity contribution in [1.82, 2.24) is 9.78 Å². The first-order chi connectivity index (χ1) is 10.2. The van der Waals surface area contributed by atoms with Crippen molar-refractivity contribution in [3.8, 4) is 0 Å². The molecule has 0 saturated carbocycles. The zero-order valence-electron chi connectivity index (χ0n) is 13.1. The second kappa shape index (κ2) is 7.21.